The second-order valence-corrected chi connectivity index (χ2v) is 7.88. The number of thiophene rings is 1. The van der Waals surface area contributed by atoms with Crippen molar-refractivity contribution in [3.63, 3.8) is 0 Å². The van der Waals surface area contributed by atoms with Crippen molar-refractivity contribution in [3.05, 3.63) is 61.7 Å². The van der Waals surface area contributed by atoms with E-state index in [1.807, 2.05) is 0 Å². The number of aromatic nitrogens is 2. The van der Waals surface area contributed by atoms with Crippen LogP contribution in [0.4, 0.5) is 5.69 Å². The molecule has 2 aromatic heterocycles. The lowest BCUT2D eigenvalue weighted by Crippen LogP contribution is -2.21. The van der Waals surface area contributed by atoms with E-state index in [1.165, 1.54) is 16.2 Å². The minimum absolute atomic E-state index is 0.257. The van der Waals surface area contributed by atoms with Gasteiger partial charge in [-0.15, -0.1) is 21.5 Å². The summed E-state index contributed by atoms with van der Waals surface area (Å²) in [5, 5.41) is 14.9. The van der Waals surface area contributed by atoms with Crippen LogP contribution in [0.5, 0.6) is 0 Å². The number of hydrogen-bond acceptors (Lipinski definition) is 6. The first-order valence-corrected chi connectivity index (χ1v) is 9.85. The monoisotopic (exact) mass is 392 g/mol. The summed E-state index contributed by atoms with van der Waals surface area (Å²) >= 11 is 8.91. The molecule has 0 fully saturated rings. The Bertz CT molecular complexity index is 818. The maximum Gasteiger partial charge on any atom is 0.286 e. The van der Waals surface area contributed by atoms with E-state index >= 15 is 0 Å². The Morgan fingerprint density at radius 2 is 2.00 bits per heavy atom. The van der Waals surface area contributed by atoms with Gasteiger partial charge in [-0.1, -0.05) is 35.9 Å². The minimum atomic E-state index is -0.257. The van der Waals surface area contributed by atoms with Crippen LogP contribution in [-0.2, 0) is 13.1 Å². The highest BCUT2D eigenvalue weighted by Crippen LogP contribution is 2.18. The first-order valence-electron chi connectivity index (χ1n) is 7.78. The topological polar surface area (TPSA) is 58.1 Å². The summed E-state index contributed by atoms with van der Waals surface area (Å²) in [6, 6.07) is 11.1. The fourth-order valence-electron chi connectivity index (χ4n) is 2.22. The Hall–Kier alpha value is -1.80. The second kappa shape index (κ2) is 8.53. The van der Waals surface area contributed by atoms with E-state index in [9.17, 15) is 4.79 Å². The molecule has 0 radical (unpaired) electrons. The van der Waals surface area contributed by atoms with E-state index in [0.717, 1.165) is 18.1 Å². The molecule has 25 heavy (non-hydrogen) atoms. The number of benzene rings is 1. The number of nitrogens with one attached hydrogen (secondary N) is 1. The third kappa shape index (κ3) is 5.09. The van der Waals surface area contributed by atoms with Crippen LogP contribution in [-0.4, -0.2) is 27.5 Å². The average Bonchev–Trinajstić information content (AvgIpc) is 3.28. The maximum atomic E-state index is 12.3. The van der Waals surface area contributed by atoms with Gasteiger partial charge in [0.2, 0.25) is 5.01 Å². The molecular formula is C17H17ClN4OS2. The van der Waals surface area contributed by atoms with Crippen molar-refractivity contribution in [3.8, 4) is 0 Å². The Labute approximate surface area is 159 Å². The molecule has 8 heteroatoms. The van der Waals surface area contributed by atoms with Crippen molar-refractivity contribution < 1.29 is 4.79 Å². The normalized spacial score (nSPS) is 11.0. The van der Waals surface area contributed by atoms with E-state index in [0.29, 0.717) is 22.3 Å². The SMILES string of the molecule is CCN(Cc1cccs1)Cc1nnc(C(=O)Nc2ccc(Cl)cc2)s1. The lowest BCUT2D eigenvalue weighted by Gasteiger charge is -2.17. The maximum absolute atomic E-state index is 12.3. The predicted octanol–water partition coefficient (Wildman–Crippen LogP) is 4.53. The van der Waals surface area contributed by atoms with Gasteiger partial charge in [0.25, 0.3) is 5.91 Å². The smallest absolute Gasteiger partial charge is 0.286 e. The molecule has 1 aromatic carbocycles. The minimum Gasteiger partial charge on any atom is -0.320 e. The van der Waals surface area contributed by atoms with Crippen LogP contribution in [0.3, 0.4) is 0 Å². The molecule has 0 aliphatic rings. The van der Waals surface area contributed by atoms with Gasteiger partial charge in [0.15, 0.2) is 0 Å². The van der Waals surface area contributed by atoms with E-state index in [2.05, 4.69) is 44.9 Å². The zero-order valence-corrected chi connectivity index (χ0v) is 16.0. The van der Waals surface area contributed by atoms with Gasteiger partial charge in [-0.3, -0.25) is 9.69 Å². The molecular weight excluding hydrogens is 376 g/mol. The van der Waals surface area contributed by atoms with Crippen molar-refractivity contribution in [2.24, 2.45) is 0 Å². The number of nitrogens with zero attached hydrogens (tertiary/aromatic N) is 3. The molecule has 3 aromatic rings. The zero-order chi connectivity index (χ0) is 17.6. The highest BCUT2D eigenvalue weighted by atomic mass is 35.5. The fourth-order valence-corrected chi connectivity index (χ4v) is 3.87. The van der Waals surface area contributed by atoms with Gasteiger partial charge >= 0.3 is 0 Å². The Morgan fingerprint density at radius 3 is 2.68 bits per heavy atom. The molecule has 5 nitrogen and oxygen atoms in total. The van der Waals surface area contributed by atoms with E-state index < -0.39 is 0 Å². The molecule has 0 spiro atoms. The number of amides is 1. The first kappa shape index (κ1) is 18.0. The Morgan fingerprint density at radius 1 is 1.20 bits per heavy atom. The summed E-state index contributed by atoms with van der Waals surface area (Å²) in [4.78, 5) is 15.9. The van der Waals surface area contributed by atoms with Crippen molar-refractivity contribution in [1.82, 2.24) is 15.1 Å². The summed E-state index contributed by atoms with van der Waals surface area (Å²) in [5.74, 6) is -0.257. The third-order valence-corrected chi connectivity index (χ3v) is 5.55. The van der Waals surface area contributed by atoms with Crippen molar-refractivity contribution in [1.29, 1.82) is 0 Å². The lowest BCUT2D eigenvalue weighted by atomic mass is 10.3. The van der Waals surface area contributed by atoms with Crippen molar-refractivity contribution >= 4 is 45.9 Å². The number of hydrogen-bond donors (Lipinski definition) is 1. The number of carbonyl (C=O) groups excluding carboxylic acids is 1. The summed E-state index contributed by atoms with van der Waals surface area (Å²) < 4.78 is 0. The van der Waals surface area contributed by atoms with Crippen molar-refractivity contribution in [2.75, 3.05) is 11.9 Å². The summed E-state index contributed by atoms with van der Waals surface area (Å²) in [7, 11) is 0. The lowest BCUT2D eigenvalue weighted by molar-refractivity contribution is 0.102. The molecule has 130 valence electrons. The molecule has 1 N–H and O–H groups in total. The standard InChI is InChI=1S/C17H17ClN4OS2/c1-2-22(10-14-4-3-9-24-14)11-15-20-21-17(25-15)16(23)19-13-7-5-12(18)6-8-13/h3-9H,2,10-11H2,1H3,(H,19,23). The molecule has 3 rings (SSSR count). The van der Waals surface area contributed by atoms with Gasteiger partial charge < -0.3 is 5.32 Å². The molecule has 0 unspecified atom stereocenters. The van der Waals surface area contributed by atoms with Crippen LogP contribution >= 0.6 is 34.3 Å². The Balaban J connectivity index is 1.60. The number of carbonyl (C=O) groups is 1. The van der Waals surface area contributed by atoms with Gasteiger partial charge in [0, 0.05) is 22.1 Å². The van der Waals surface area contributed by atoms with Crippen LogP contribution < -0.4 is 5.32 Å². The second-order valence-electron chi connectivity index (χ2n) is 5.34. The van der Waals surface area contributed by atoms with E-state index in [4.69, 9.17) is 11.6 Å². The molecule has 2 heterocycles. The summed E-state index contributed by atoms with van der Waals surface area (Å²) in [6.07, 6.45) is 0. The van der Waals surface area contributed by atoms with Crippen LogP contribution in [0.2, 0.25) is 5.02 Å². The highest BCUT2D eigenvalue weighted by molar-refractivity contribution is 7.13. The highest BCUT2D eigenvalue weighted by Gasteiger charge is 2.15. The molecule has 1 amide bonds. The summed E-state index contributed by atoms with van der Waals surface area (Å²) in [6.45, 7) is 4.58. The number of halogens is 1. The zero-order valence-electron chi connectivity index (χ0n) is 13.6. The third-order valence-electron chi connectivity index (χ3n) is 3.53. The van der Waals surface area contributed by atoms with Crippen LogP contribution in [0.15, 0.2) is 41.8 Å². The number of anilines is 1. The molecule has 0 saturated heterocycles. The summed E-state index contributed by atoms with van der Waals surface area (Å²) in [5.41, 5.74) is 0.680. The molecule has 0 atom stereocenters. The van der Waals surface area contributed by atoms with Crippen molar-refractivity contribution in [2.45, 2.75) is 20.0 Å². The van der Waals surface area contributed by atoms with Crippen LogP contribution in [0.1, 0.15) is 26.6 Å². The largest absolute Gasteiger partial charge is 0.320 e. The molecule has 0 saturated carbocycles. The average molecular weight is 393 g/mol. The quantitative estimate of drug-likeness (QED) is 0.641. The van der Waals surface area contributed by atoms with Crippen LogP contribution in [0.25, 0.3) is 0 Å². The van der Waals surface area contributed by atoms with Gasteiger partial charge in [-0.2, -0.15) is 0 Å². The van der Waals surface area contributed by atoms with E-state index in [1.54, 1.807) is 35.6 Å². The predicted molar refractivity (Wildman–Crippen MR) is 103 cm³/mol. The van der Waals surface area contributed by atoms with Gasteiger partial charge in [-0.25, -0.2) is 0 Å². The molecule has 0 aliphatic carbocycles. The fraction of sp³-hybridized carbons (Fsp3) is 0.235. The Kier molecular flexibility index (Phi) is 6.14. The van der Waals surface area contributed by atoms with Gasteiger partial charge in [0.05, 0.1) is 6.54 Å². The van der Waals surface area contributed by atoms with E-state index in [-0.39, 0.29) is 5.91 Å². The van der Waals surface area contributed by atoms with Gasteiger partial charge in [0.1, 0.15) is 5.01 Å². The van der Waals surface area contributed by atoms with Crippen LogP contribution in [0, 0.1) is 0 Å². The van der Waals surface area contributed by atoms with Gasteiger partial charge in [-0.05, 0) is 42.3 Å². The molecule has 0 bridgehead atoms. The molecule has 0 aliphatic heterocycles. The first-order chi connectivity index (χ1) is 12.1. The number of rotatable bonds is 7.